The average Bonchev–Trinajstić information content (AvgIpc) is 3.05. The van der Waals surface area contributed by atoms with Crippen molar-refractivity contribution in [2.45, 2.75) is 97.2 Å². The van der Waals surface area contributed by atoms with Gasteiger partial charge in [0.15, 0.2) is 0 Å². The molecule has 3 N–H and O–H groups in total. The number of carboxylic acids is 1. The molecule has 4 aliphatic carbocycles. The lowest BCUT2D eigenvalue weighted by Crippen LogP contribution is -2.62. The van der Waals surface area contributed by atoms with Gasteiger partial charge < -0.3 is 15.3 Å². The summed E-state index contributed by atoms with van der Waals surface area (Å²) in [7, 11) is 0. The molecule has 6 heteroatoms. The van der Waals surface area contributed by atoms with E-state index < -0.39 is 23.9 Å². The maximum absolute atomic E-state index is 14.5. The summed E-state index contributed by atoms with van der Waals surface area (Å²) in [5.74, 6) is -6.33. The second-order valence-electron chi connectivity index (χ2n) is 11.8. The zero-order valence-electron chi connectivity index (χ0n) is 19.4. The van der Waals surface area contributed by atoms with Gasteiger partial charge in [-0.25, -0.2) is 4.79 Å². The smallest absolute Gasteiger partial charge is 0.374 e. The summed E-state index contributed by atoms with van der Waals surface area (Å²) >= 11 is 0. The number of hydrogen-bond donors (Lipinski definition) is 3. The number of rotatable bonds is 4. The third-order valence-electron chi connectivity index (χ3n) is 10.9. The molecule has 0 unspecified atom stereocenters. The van der Waals surface area contributed by atoms with E-state index in [0.29, 0.717) is 18.3 Å². The van der Waals surface area contributed by atoms with Crippen LogP contribution in [-0.4, -0.2) is 39.4 Å². The maximum atomic E-state index is 14.5. The third-order valence-corrected chi connectivity index (χ3v) is 10.9. The number of hydrogen-bond acceptors (Lipinski definition) is 3. The van der Waals surface area contributed by atoms with E-state index in [-0.39, 0.29) is 40.6 Å². The molecule has 0 saturated heterocycles. The van der Waals surface area contributed by atoms with Crippen LogP contribution in [0.4, 0.5) is 8.78 Å². The zero-order chi connectivity index (χ0) is 22.9. The van der Waals surface area contributed by atoms with Crippen LogP contribution >= 0.6 is 0 Å². The molecule has 11 atom stereocenters. The summed E-state index contributed by atoms with van der Waals surface area (Å²) in [6, 6.07) is 0. The van der Waals surface area contributed by atoms with E-state index in [0.717, 1.165) is 44.9 Å². The van der Waals surface area contributed by atoms with Crippen LogP contribution in [0, 0.1) is 52.3 Å². The highest BCUT2D eigenvalue weighted by Crippen LogP contribution is 2.69. The Morgan fingerprint density at radius 2 is 1.65 bits per heavy atom. The van der Waals surface area contributed by atoms with Crippen LogP contribution in [0.25, 0.3) is 0 Å². The van der Waals surface area contributed by atoms with E-state index in [2.05, 4.69) is 20.8 Å². The van der Waals surface area contributed by atoms with Gasteiger partial charge in [0, 0.05) is 5.92 Å². The molecular formula is C25H40F2O4. The number of aliphatic hydroxyl groups excluding tert-OH is 2. The van der Waals surface area contributed by atoms with Crippen LogP contribution in [0.1, 0.15) is 79.1 Å². The van der Waals surface area contributed by atoms with Crippen molar-refractivity contribution in [3.05, 3.63) is 0 Å². The molecule has 0 aromatic carbocycles. The van der Waals surface area contributed by atoms with Crippen LogP contribution in [0.15, 0.2) is 0 Å². The van der Waals surface area contributed by atoms with E-state index in [1.807, 2.05) is 0 Å². The largest absolute Gasteiger partial charge is 0.477 e. The Labute approximate surface area is 184 Å². The Morgan fingerprint density at radius 1 is 1.03 bits per heavy atom. The van der Waals surface area contributed by atoms with Gasteiger partial charge in [-0.1, -0.05) is 34.1 Å². The number of fused-ring (bicyclic) bond motifs is 5. The van der Waals surface area contributed by atoms with Crippen molar-refractivity contribution in [1.29, 1.82) is 0 Å². The zero-order valence-corrected chi connectivity index (χ0v) is 19.4. The van der Waals surface area contributed by atoms with E-state index >= 15 is 0 Å². The lowest BCUT2D eigenvalue weighted by atomic mass is 9.41. The van der Waals surface area contributed by atoms with Crippen LogP contribution in [-0.2, 0) is 4.79 Å². The maximum Gasteiger partial charge on any atom is 0.374 e. The van der Waals surface area contributed by atoms with Crippen LogP contribution < -0.4 is 0 Å². The van der Waals surface area contributed by atoms with Crippen molar-refractivity contribution in [2.24, 2.45) is 52.3 Å². The van der Waals surface area contributed by atoms with Crippen LogP contribution in [0.5, 0.6) is 0 Å². The first-order valence-electron chi connectivity index (χ1n) is 12.4. The van der Waals surface area contributed by atoms with Gasteiger partial charge in [0.1, 0.15) is 0 Å². The molecule has 4 saturated carbocycles. The van der Waals surface area contributed by atoms with E-state index in [4.69, 9.17) is 5.11 Å². The highest BCUT2D eigenvalue weighted by molar-refractivity contribution is 5.75. The normalized spacial score (nSPS) is 50.8. The first kappa shape index (κ1) is 23.4. The highest BCUT2D eigenvalue weighted by atomic mass is 19.3. The topological polar surface area (TPSA) is 77.8 Å². The van der Waals surface area contributed by atoms with Gasteiger partial charge in [0.2, 0.25) is 0 Å². The summed E-state index contributed by atoms with van der Waals surface area (Å²) < 4.78 is 29.0. The molecule has 4 rings (SSSR count). The number of aliphatic hydroxyl groups is 2. The molecule has 4 fully saturated rings. The third kappa shape index (κ3) is 3.21. The molecule has 0 heterocycles. The lowest BCUT2D eigenvalue weighted by molar-refractivity contribution is -0.208. The molecule has 0 amide bonds. The Hall–Kier alpha value is -0.750. The fourth-order valence-electron chi connectivity index (χ4n) is 9.27. The summed E-state index contributed by atoms with van der Waals surface area (Å²) in [5, 5.41) is 31.1. The Balaban J connectivity index is 1.68. The molecule has 0 aromatic rings. The number of alkyl halides is 2. The second kappa shape index (κ2) is 7.65. The number of halogens is 2. The van der Waals surface area contributed by atoms with Gasteiger partial charge in [0.25, 0.3) is 0 Å². The predicted molar refractivity (Wildman–Crippen MR) is 114 cm³/mol. The van der Waals surface area contributed by atoms with Crippen molar-refractivity contribution >= 4 is 5.97 Å². The molecule has 0 spiro atoms. The summed E-state index contributed by atoms with van der Waals surface area (Å²) in [4.78, 5) is 11.3. The molecule has 0 bridgehead atoms. The quantitative estimate of drug-likeness (QED) is 0.574. The monoisotopic (exact) mass is 442 g/mol. The molecule has 0 aromatic heterocycles. The van der Waals surface area contributed by atoms with E-state index in [9.17, 15) is 23.8 Å². The van der Waals surface area contributed by atoms with E-state index in [1.165, 1.54) is 6.92 Å². The molecule has 4 aliphatic rings. The minimum absolute atomic E-state index is 0.0693. The first-order valence-corrected chi connectivity index (χ1v) is 12.4. The Kier molecular flexibility index (Phi) is 5.77. The van der Waals surface area contributed by atoms with Crippen molar-refractivity contribution in [3.63, 3.8) is 0 Å². The average molecular weight is 443 g/mol. The van der Waals surface area contributed by atoms with Crippen LogP contribution in [0.2, 0.25) is 0 Å². The minimum Gasteiger partial charge on any atom is -0.477 e. The molecule has 178 valence electrons. The highest BCUT2D eigenvalue weighted by Gasteiger charge is 2.66. The van der Waals surface area contributed by atoms with Gasteiger partial charge in [-0.15, -0.1) is 0 Å². The molecule has 0 aliphatic heterocycles. The lowest BCUT2D eigenvalue weighted by Gasteiger charge is -2.64. The van der Waals surface area contributed by atoms with Crippen molar-refractivity contribution in [1.82, 2.24) is 0 Å². The van der Waals surface area contributed by atoms with Gasteiger partial charge in [-0.2, -0.15) is 8.78 Å². The number of carboxylic acid groups (broad SMARTS) is 1. The molecule has 31 heavy (non-hydrogen) atoms. The fraction of sp³-hybridized carbons (Fsp3) is 0.960. The summed E-state index contributed by atoms with van der Waals surface area (Å²) in [6.07, 6.45) is 5.72. The van der Waals surface area contributed by atoms with E-state index in [1.54, 1.807) is 0 Å². The van der Waals surface area contributed by atoms with Gasteiger partial charge in [-0.05, 0) is 91.3 Å². The Bertz CT molecular complexity index is 714. The second-order valence-corrected chi connectivity index (χ2v) is 11.8. The van der Waals surface area contributed by atoms with Crippen molar-refractivity contribution < 1.29 is 28.9 Å². The molecule has 0 radical (unpaired) electrons. The van der Waals surface area contributed by atoms with Crippen molar-refractivity contribution in [3.8, 4) is 0 Å². The van der Waals surface area contributed by atoms with Gasteiger partial charge >= 0.3 is 11.9 Å². The first-order chi connectivity index (χ1) is 14.4. The van der Waals surface area contributed by atoms with Crippen molar-refractivity contribution in [2.75, 3.05) is 0 Å². The molecular weight excluding hydrogens is 402 g/mol. The molecule has 4 nitrogen and oxygen atoms in total. The summed E-state index contributed by atoms with van der Waals surface area (Å²) in [6.45, 7) is 7.97. The van der Waals surface area contributed by atoms with Gasteiger partial charge in [-0.3, -0.25) is 0 Å². The minimum atomic E-state index is -3.73. The standard InChI is InChI=1S/C25H40F2O4/c1-5-15-19-12-14(28)8-10-24(19,4)18-9-11-23(3)16(13(2)25(26,27)22(30)31)6-7-17(23)20(18)21(15)29/h13-21,28-29H,5-12H2,1-4H3,(H,30,31)/t13-,14+,15+,16+,17-,18-,19-,20-,21+,23+,24+/m0/s1. The Morgan fingerprint density at radius 3 is 2.26 bits per heavy atom. The summed E-state index contributed by atoms with van der Waals surface area (Å²) in [5.41, 5.74) is -0.296. The fourth-order valence-corrected chi connectivity index (χ4v) is 9.27. The predicted octanol–water partition coefficient (Wildman–Crippen LogP) is 4.97. The number of aliphatic carboxylic acids is 1. The SMILES string of the molecule is CC[C@H]1[C@@H](O)[C@@H]2[C@H](CC[C@]3(C)[C@@H]([C@H](C)C(F)(F)C(=O)O)CC[C@@H]23)[C@@]2(C)CC[C@@H](O)C[C@@H]12. The van der Waals surface area contributed by atoms with Gasteiger partial charge in [0.05, 0.1) is 12.2 Å². The number of carbonyl (C=O) groups is 1. The van der Waals surface area contributed by atoms with Crippen LogP contribution in [0.3, 0.4) is 0 Å².